The number of hydrogen-bond acceptors (Lipinski definition) is 1. The zero-order valence-corrected chi connectivity index (χ0v) is 9.21. The fraction of sp³-hybridized carbons (Fsp3) is 0.800. The van der Waals surface area contributed by atoms with E-state index in [9.17, 15) is 0 Å². The molecule has 1 rings (SSSR count). The molecule has 72 valence electrons. The maximum absolute atomic E-state index is 5.54. The maximum Gasteiger partial charge on any atom is 0.0526 e. The lowest BCUT2D eigenvalue weighted by atomic mass is 9.18. The van der Waals surface area contributed by atoms with Crippen LogP contribution in [0.2, 0.25) is 6.32 Å². The van der Waals surface area contributed by atoms with Gasteiger partial charge in [0.1, 0.15) is 0 Å². The van der Waals surface area contributed by atoms with E-state index in [2.05, 4.69) is 18.4 Å². The number of hydrogen-bond donors (Lipinski definition) is 0. The molecule has 0 bridgehead atoms. The maximum atomic E-state index is 5.54. The third-order valence-corrected chi connectivity index (χ3v) is 3.11. The van der Waals surface area contributed by atoms with Crippen LogP contribution in [0.15, 0.2) is 12.3 Å². The monoisotopic (exact) mass is 185 g/mol. The van der Waals surface area contributed by atoms with Crippen molar-refractivity contribution in [3.05, 3.63) is 12.3 Å². The van der Waals surface area contributed by atoms with Crippen molar-refractivity contribution < 1.29 is 0 Å². The predicted octanol–water partition coefficient (Wildman–Crippen LogP) is 1.45. The van der Waals surface area contributed by atoms with Gasteiger partial charge >= 0.3 is 0 Å². The number of rotatable bonds is 4. The topological polar surface area (TPSA) is 3.24 Å². The lowest BCUT2D eigenvalue weighted by Gasteiger charge is -2.35. The highest BCUT2D eigenvalue weighted by Crippen LogP contribution is 2.23. The number of likely N-dealkylation sites (tertiary alicyclic amines) is 1. The van der Waals surface area contributed by atoms with Gasteiger partial charge in [-0.3, -0.25) is 0 Å². The van der Waals surface area contributed by atoms with Crippen molar-refractivity contribution in [3.63, 3.8) is 0 Å². The summed E-state index contributed by atoms with van der Waals surface area (Å²) >= 11 is 0. The summed E-state index contributed by atoms with van der Waals surface area (Å²) in [5, 5.41) is 0. The summed E-state index contributed by atoms with van der Waals surface area (Å²) in [7, 11) is 11.1. The van der Waals surface area contributed by atoms with E-state index in [-0.39, 0.29) is 6.49 Å². The van der Waals surface area contributed by atoms with E-state index in [0.717, 1.165) is 31.0 Å². The molecule has 1 aliphatic rings. The molecule has 14 heavy (non-hydrogen) atoms. The summed E-state index contributed by atoms with van der Waals surface area (Å²) < 4.78 is 0. The number of piperidine rings is 1. The van der Waals surface area contributed by atoms with Gasteiger partial charge in [-0.15, -0.1) is 0 Å². The van der Waals surface area contributed by atoms with Crippen molar-refractivity contribution in [3.8, 4) is 0 Å². The minimum Gasteiger partial charge on any atom is -0.376 e. The van der Waals surface area contributed by atoms with E-state index in [4.69, 9.17) is 15.5 Å². The standard InChI is InChI=1S/C10H18B3N/c1-3-10-4-6-14(7-5-10)9(2)8-13(11)12/h10H,2-8H2,1H3. The summed E-state index contributed by atoms with van der Waals surface area (Å²) in [6.45, 7) is 8.30. The first-order chi connectivity index (χ1) is 6.63. The fourth-order valence-corrected chi connectivity index (χ4v) is 2.06. The Morgan fingerprint density at radius 2 is 2.00 bits per heavy atom. The Kier molecular flexibility index (Phi) is 4.70. The first kappa shape index (κ1) is 11.8. The van der Waals surface area contributed by atoms with Gasteiger partial charge in [0.2, 0.25) is 0 Å². The van der Waals surface area contributed by atoms with Gasteiger partial charge in [0.15, 0.2) is 0 Å². The van der Waals surface area contributed by atoms with Crippen LogP contribution < -0.4 is 0 Å². The molecule has 4 radical (unpaired) electrons. The molecule has 0 saturated carbocycles. The Labute approximate surface area is 91.2 Å². The van der Waals surface area contributed by atoms with Gasteiger partial charge in [-0.1, -0.05) is 26.2 Å². The second kappa shape index (κ2) is 5.58. The van der Waals surface area contributed by atoms with Crippen LogP contribution in [0.25, 0.3) is 0 Å². The molecule has 0 N–H and O–H groups in total. The van der Waals surface area contributed by atoms with Crippen LogP contribution in [0, 0.1) is 5.92 Å². The molecule has 0 aromatic heterocycles. The van der Waals surface area contributed by atoms with E-state index >= 15 is 0 Å². The van der Waals surface area contributed by atoms with Gasteiger partial charge < -0.3 is 4.90 Å². The molecule has 1 nitrogen and oxygen atoms in total. The Hall–Kier alpha value is -0.265. The van der Waals surface area contributed by atoms with Gasteiger partial charge in [0.05, 0.1) is 6.49 Å². The summed E-state index contributed by atoms with van der Waals surface area (Å²) in [5.41, 5.74) is 1.11. The van der Waals surface area contributed by atoms with Crippen LogP contribution in [-0.2, 0) is 0 Å². The second-order valence-electron chi connectivity index (χ2n) is 4.27. The van der Waals surface area contributed by atoms with Crippen molar-refractivity contribution >= 4 is 22.0 Å². The van der Waals surface area contributed by atoms with E-state index in [1.807, 2.05) is 0 Å². The first-order valence-electron chi connectivity index (χ1n) is 5.57. The van der Waals surface area contributed by atoms with Gasteiger partial charge in [-0.05, 0) is 24.5 Å². The molecular formula is C10H18B3N. The van der Waals surface area contributed by atoms with Crippen molar-refractivity contribution in [2.75, 3.05) is 13.1 Å². The summed E-state index contributed by atoms with van der Waals surface area (Å²) in [6, 6.07) is 0. The van der Waals surface area contributed by atoms with Gasteiger partial charge in [-0.2, -0.15) is 0 Å². The molecule has 0 spiro atoms. The number of nitrogens with zero attached hydrogens (tertiary/aromatic N) is 1. The molecule has 1 aliphatic heterocycles. The Morgan fingerprint density at radius 3 is 2.43 bits per heavy atom. The molecule has 1 saturated heterocycles. The second-order valence-corrected chi connectivity index (χ2v) is 4.27. The van der Waals surface area contributed by atoms with Gasteiger partial charge in [0.25, 0.3) is 0 Å². The molecular weight excluding hydrogens is 167 g/mol. The number of allylic oxidation sites excluding steroid dienone is 1. The van der Waals surface area contributed by atoms with Gasteiger partial charge in [0, 0.05) is 28.6 Å². The van der Waals surface area contributed by atoms with Crippen LogP contribution >= 0.6 is 0 Å². The molecule has 0 aromatic rings. The third-order valence-electron chi connectivity index (χ3n) is 3.11. The van der Waals surface area contributed by atoms with Crippen LogP contribution in [0.4, 0.5) is 0 Å². The molecule has 0 aliphatic carbocycles. The normalized spacial score (nSPS) is 18.2. The smallest absolute Gasteiger partial charge is 0.0526 e. The molecule has 1 fully saturated rings. The Morgan fingerprint density at radius 1 is 1.43 bits per heavy atom. The van der Waals surface area contributed by atoms with E-state index in [1.165, 1.54) is 19.3 Å². The molecule has 4 heteroatoms. The lowest BCUT2D eigenvalue weighted by Crippen LogP contribution is -2.34. The van der Waals surface area contributed by atoms with E-state index < -0.39 is 0 Å². The molecule has 0 atom stereocenters. The highest BCUT2D eigenvalue weighted by Gasteiger charge is 2.18. The predicted molar refractivity (Wildman–Crippen MR) is 65.8 cm³/mol. The average Bonchev–Trinajstić information content (AvgIpc) is 2.17. The minimum absolute atomic E-state index is 0.258. The first-order valence-corrected chi connectivity index (χ1v) is 5.57. The summed E-state index contributed by atoms with van der Waals surface area (Å²) in [4.78, 5) is 2.33. The van der Waals surface area contributed by atoms with E-state index in [0.29, 0.717) is 0 Å². The molecule has 0 aromatic carbocycles. The van der Waals surface area contributed by atoms with Gasteiger partial charge in [-0.25, -0.2) is 0 Å². The minimum atomic E-state index is -0.258. The Bertz CT molecular complexity index is 186. The highest BCUT2D eigenvalue weighted by molar-refractivity contribution is 7.29. The highest BCUT2D eigenvalue weighted by atomic mass is 15.1. The molecule has 1 heterocycles. The van der Waals surface area contributed by atoms with Crippen LogP contribution in [0.3, 0.4) is 0 Å². The lowest BCUT2D eigenvalue weighted by molar-refractivity contribution is 0.224. The van der Waals surface area contributed by atoms with Crippen LogP contribution in [-0.4, -0.2) is 40.0 Å². The van der Waals surface area contributed by atoms with Crippen LogP contribution in [0.1, 0.15) is 26.2 Å². The Balaban J connectivity index is 2.30. The van der Waals surface area contributed by atoms with Crippen molar-refractivity contribution in [2.24, 2.45) is 5.92 Å². The van der Waals surface area contributed by atoms with Crippen molar-refractivity contribution in [1.29, 1.82) is 0 Å². The van der Waals surface area contributed by atoms with Crippen molar-refractivity contribution in [2.45, 2.75) is 32.5 Å². The molecule has 0 amide bonds. The summed E-state index contributed by atoms with van der Waals surface area (Å²) in [6.07, 6.45) is 4.60. The fourth-order valence-electron chi connectivity index (χ4n) is 2.06. The zero-order chi connectivity index (χ0) is 10.6. The zero-order valence-electron chi connectivity index (χ0n) is 9.21. The molecule has 0 unspecified atom stereocenters. The SMILES string of the molecule is [B]B([B])CC(=C)N1CCC(CC)CC1. The summed E-state index contributed by atoms with van der Waals surface area (Å²) in [5.74, 6) is 0.908. The third kappa shape index (κ3) is 3.47. The van der Waals surface area contributed by atoms with Crippen LogP contribution in [0.5, 0.6) is 0 Å². The van der Waals surface area contributed by atoms with E-state index in [1.54, 1.807) is 0 Å². The largest absolute Gasteiger partial charge is 0.376 e. The average molecular weight is 185 g/mol. The quantitative estimate of drug-likeness (QED) is 0.598. The van der Waals surface area contributed by atoms with Crippen molar-refractivity contribution in [1.82, 2.24) is 4.90 Å².